The number of aromatic nitrogens is 2. The van der Waals surface area contributed by atoms with Gasteiger partial charge >= 0.3 is 5.76 Å². The molecule has 0 amide bonds. The number of para-hydroxylation sites is 2. The van der Waals surface area contributed by atoms with Gasteiger partial charge in [-0.25, -0.2) is 18.3 Å². The van der Waals surface area contributed by atoms with Gasteiger partial charge in [0.2, 0.25) is 15.9 Å². The molecule has 1 aromatic heterocycles. The fraction of sp³-hybridized carbons (Fsp3) is 0.385. The Labute approximate surface area is 126 Å². The van der Waals surface area contributed by atoms with E-state index >= 15 is 0 Å². The number of hydrogen-bond donors (Lipinski definition) is 1. The maximum atomic E-state index is 12.0. The SMILES string of the molecule is C[C@@H](c1n[nH]c(=O)o1)[C@H]1CN(S(C)(=O)=O)c2ccccc2O1. The van der Waals surface area contributed by atoms with E-state index in [2.05, 4.69) is 10.2 Å². The van der Waals surface area contributed by atoms with Gasteiger partial charge in [0.05, 0.1) is 24.4 Å². The maximum Gasteiger partial charge on any atom is 0.434 e. The fourth-order valence-corrected chi connectivity index (χ4v) is 3.32. The molecule has 0 spiro atoms. The zero-order chi connectivity index (χ0) is 15.9. The standard InChI is InChI=1S/C13H15N3O5S/c1-8(12-14-15-13(17)21-12)11-7-16(22(2,18)19)9-5-3-4-6-10(9)20-11/h3-6,8,11H,7H2,1-2H3,(H,15,17)/t8-,11-/m1/s1. The normalized spacial score (nSPS) is 19.4. The third-order valence-electron chi connectivity index (χ3n) is 3.56. The first-order valence-corrected chi connectivity index (χ1v) is 8.50. The van der Waals surface area contributed by atoms with Crippen LogP contribution in [0.2, 0.25) is 0 Å². The summed E-state index contributed by atoms with van der Waals surface area (Å²) in [6, 6.07) is 6.90. The summed E-state index contributed by atoms with van der Waals surface area (Å²) >= 11 is 0. The zero-order valence-corrected chi connectivity index (χ0v) is 12.8. The highest BCUT2D eigenvalue weighted by atomic mass is 32.2. The van der Waals surface area contributed by atoms with Crippen LogP contribution >= 0.6 is 0 Å². The van der Waals surface area contributed by atoms with Crippen molar-refractivity contribution < 1.29 is 17.6 Å². The molecular formula is C13H15N3O5S. The van der Waals surface area contributed by atoms with E-state index in [0.29, 0.717) is 11.4 Å². The van der Waals surface area contributed by atoms with Crippen molar-refractivity contribution in [3.8, 4) is 5.75 Å². The first-order valence-electron chi connectivity index (χ1n) is 6.65. The Morgan fingerprint density at radius 3 is 2.77 bits per heavy atom. The summed E-state index contributed by atoms with van der Waals surface area (Å²) in [5, 5.41) is 5.97. The van der Waals surface area contributed by atoms with Crippen molar-refractivity contribution in [1.29, 1.82) is 0 Å². The van der Waals surface area contributed by atoms with Crippen molar-refractivity contribution in [2.45, 2.75) is 18.9 Å². The highest BCUT2D eigenvalue weighted by molar-refractivity contribution is 7.92. The van der Waals surface area contributed by atoms with Gasteiger partial charge in [-0.05, 0) is 19.1 Å². The Balaban J connectivity index is 1.98. The van der Waals surface area contributed by atoms with Gasteiger partial charge in [0.15, 0.2) is 0 Å². The average Bonchev–Trinajstić information content (AvgIpc) is 2.91. The monoisotopic (exact) mass is 325 g/mol. The van der Waals surface area contributed by atoms with E-state index in [1.54, 1.807) is 31.2 Å². The summed E-state index contributed by atoms with van der Waals surface area (Å²) in [5.41, 5.74) is 0.497. The molecular weight excluding hydrogens is 310 g/mol. The lowest BCUT2D eigenvalue weighted by atomic mass is 10.0. The minimum Gasteiger partial charge on any atom is -0.486 e. The average molecular weight is 325 g/mol. The number of benzene rings is 1. The van der Waals surface area contributed by atoms with Crippen LogP contribution in [0.15, 0.2) is 33.5 Å². The predicted molar refractivity (Wildman–Crippen MR) is 78.6 cm³/mol. The Hall–Kier alpha value is -2.29. The topological polar surface area (TPSA) is 106 Å². The Kier molecular flexibility index (Phi) is 3.44. The number of H-pyrrole nitrogens is 1. The molecule has 0 unspecified atom stereocenters. The van der Waals surface area contributed by atoms with Crippen molar-refractivity contribution in [2.75, 3.05) is 17.1 Å². The van der Waals surface area contributed by atoms with Crippen LogP contribution in [0.4, 0.5) is 5.69 Å². The number of rotatable bonds is 3. The second kappa shape index (κ2) is 5.16. The van der Waals surface area contributed by atoms with Crippen LogP contribution in [-0.2, 0) is 10.0 Å². The summed E-state index contributed by atoms with van der Waals surface area (Å²) in [5.74, 6) is -0.397. The van der Waals surface area contributed by atoms with Gasteiger partial charge in [0.1, 0.15) is 11.9 Å². The summed E-state index contributed by atoms with van der Waals surface area (Å²) in [6.07, 6.45) is 0.627. The van der Waals surface area contributed by atoms with E-state index in [0.717, 1.165) is 6.26 Å². The number of fused-ring (bicyclic) bond motifs is 1. The van der Waals surface area contributed by atoms with Gasteiger partial charge in [-0.2, -0.15) is 0 Å². The lowest BCUT2D eigenvalue weighted by molar-refractivity contribution is 0.161. The van der Waals surface area contributed by atoms with Crippen molar-refractivity contribution in [3.05, 3.63) is 40.7 Å². The molecule has 9 heteroatoms. The third kappa shape index (κ3) is 2.59. The number of hydrogen-bond acceptors (Lipinski definition) is 6. The molecule has 0 fully saturated rings. The molecule has 8 nitrogen and oxygen atoms in total. The van der Waals surface area contributed by atoms with Crippen LogP contribution in [0, 0.1) is 0 Å². The van der Waals surface area contributed by atoms with Crippen LogP contribution in [0.1, 0.15) is 18.7 Å². The van der Waals surface area contributed by atoms with Crippen LogP contribution in [0.25, 0.3) is 0 Å². The number of anilines is 1. The minimum absolute atomic E-state index is 0.119. The number of nitrogens with zero attached hydrogens (tertiary/aromatic N) is 2. The molecule has 2 atom stereocenters. The highest BCUT2D eigenvalue weighted by Crippen LogP contribution is 2.37. The van der Waals surface area contributed by atoms with Gasteiger partial charge in [-0.15, -0.1) is 5.10 Å². The van der Waals surface area contributed by atoms with Crippen LogP contribution in [0.3, 0.4) is 0 Å². The molecule has 3 rings (SSSR count). The van der Waals surface area contributed by atoms with Gasteiger partial charge in [-0.3, -0.25) is 4.31 Å². The molecule has 1 N–H and O–H groups in total. The number of ether oxygens (including phenoxy) is 1. The molecule has 1 aliphatic heterocycles. The van der Waals surface area contributed by atoms with E-state index in [1.807, 2.05) is 0 Å². The molecule has 0 radical (unpaired) electrons. The van der Waals surface area contributed by atoms with E-state index < -0.39 is 27.8 Å². The molecule has 118 valence electrons. The lowest BCUT2D eigenvalue weighted by Crippen LogP contribution is -2.45. The smallest absolute Gasteiger partial charge is 0.434 e. The zero-order valence-electron chi connectivity index (χ0n) is 12.0. The second-order valence-corrected chi connectivity index (χ2v) is 7.06. The second-order valence-electron chi connectivity index (χ2n) is 5.16. The molecule has 0 aliphatic carbocycles. The summed E-state index contributed by atoms with van der Waals surface area (Å²) in [6.45, 7) is 1.88. The molecule has 0 saturated carbocycles. The summed E-state index contributed by atoms with van der Waals surface area (Å²) < 4.78 is 36.2. The van der Waals surface area contributed by atoms with E-state index in [4.69, 9.17) is 9.15 Å². The van der Waals surface area contributed by atoms with Crippen molar-refractivity contribution in [1.82, 2.24) is 10.2 Å². The Morgan fingerprint density at radius 2 is 2.14 bits per heavy atom. The van der Waals surface area contributed by atoms with E-state index in [1.165, 1.54) is 4.31 Å². The number of sulfonamides is 1. The van der Waals surface area contributed by atoms with Gasteiger partial charge < -0.3 is 9.15 Å². The van der Waals surface area contributed by atoms with Gasteiger partial charge in [-0.1, -0.05) is 12.1 Å². The van der Waals surface area contributed by atoms with Crippen molar-refractivity contribution >= 4 is 15.7 Å². The summed E-state index contributed by atoms with van der Waals surface area (Å²) in [7, 11) is -3.45. The quantitative estimate of drug-likeness (QED) is 0.890. The van der Waals surface area contributed by atoms with Gasteiger partial charge in [0.25, 0.3) is 0 Å². The lowest BCUT2D eigenvalue weighted by Gasteiger charge is -2.36. The Morgan fingerprint density at radius 1 is 1.41 bits per heavy atom. The fourth-order valence-electron chi connectivity index (χ4n) is 2.39. The van der Waals surface area contributed by atoms with Crippen molar-refractivity contribution in [3.63, 3.8) is 0 Å². The molecule has 2 heterocycles. The number of nitrogens with one attached hydrogen (secondary N) is 1. The first-order chi connectivity index (χ1) is 10.4. The van der Waals surface area contributed by atoms with Crippen LogP contribution < -0.4 is 14.8 Å². The summed E-state index contributed by atoms with van der Waals surface area (Å²) in [4.78, 5) is 11.1. The largest absolute Gasteiger partial charge is 0.486 e. The molecule has 0 saturated heterocycles. The number of aromatic amines is 1. The minimum atomic E-state index is -3.45. The van der Waals surface area contributed by atoms with E-state index in [9.17, 15) is 13.2 Å². The van der Waals surface area contributed by atoms with Gasteiger partial charge in [0, 0.05) is 0 Å². The molecule has 0 bridgehead atoms. The van der Waals surface area contributed by atoms with E-state index in [-0.39, 0.29) is 12.4 Å². The first kappa shape index (κ1) is 14.6. The van der Waals surface area contributed by atoms with Crippen molar-refractivity contribution in [2.24, 2.45) is 0 Å². The maximum absolute atomic E-state index is 12.0. The van der Waals surface area contributed by atoms with Crippen LogP contribution in [-0.4, -0.2) is 37.5 Å². The molecule has 1 aliphatic rings. The molecule has 22 heavy (non-hydrogen) atoms. The third-order valence-corrected chi connectivity index (χ3v) is 4.71. The molecule has 2 aromatic rings. The van der Waals surface area contributed by atoms with Crippen LogP contribution in [0.5, 0.6) is 5.75 Å². The highest BCUT2D eigenvalue weighted by Gasteiger charge is 2.36. The predicted octanol–water partition coefficient (Wildman–Crippen LogP) is 0.694. The Bertz CT molecular complexity index is 841. The molecule has 1 aromatic carbocycles.